The van der Waals surface area contributed by atoms with E-state index in [2.05, 4.69) is 13.0 Å². The van der Waals surface area contributed by atoms with Crippen LogP contribution in [0.15, 0.2) is 66.7 Å². The lowest BCUT2D eigenvalue weighted by Crippen LogP contribution is -2.42. The lowest BCUT2D eigenvalue weighted by molar-refractivity contribution is -0.0922. The average molecular weight is 519 g/mol. The Balaban J connectivity index is 1.69. The van der Waals surface area contributed by atoms with E-state index >= 15 is 0 Å². The summed E-state index contributed by atoms with van der Waals surface area (Å²) < 4.78 is 17.4. The Morgan fingerprint density at radius 1 is 1.00 bits per heavy atom. The summed E-state index contributed by atoms with van der Waals surface area (Å²) in [5.74, 6) is 3.14. The molecule has 3 rings (SSSR count). The van der Waals surface area contributed by atoms with Crippen molar-refractivity contribution in [1.82, 2.24) is 0 Å². The number of rotatable bonds is 14. The maximum atomic E-state index is 11.4. The maximum Gasteiger partial charge on any atom is 0.118 e. The van der Waals surface area contributed by atoms with E-state index in [-0.39, 0.29) is 16.6 Å². The van der Waals surface area contributed by atoms with Gasteiger partial charge >= 0.3 is 0 Å². The van der Waals surface area contributed by atoms with Crippen LogP contribution in [0.5, 0.6) is 5.75 Å². The van der Waals surface area contributed by atoms with E-state index in [1.807, 2.05) is 78.1 Å². The van der Waals surface area contributed by atoms with Crippen LogP contribution in [0.3, 0.4) is 0 Å². The van der Waals surface area contributed by atoms with Crippen molar-refractivity contribution in [3.05, 3.63) is 77.9 Å². The average Bonchev–Trinajstić information content (AvgIpc) is 2.90. The maximum absolute atomic E-state index is 11.4. The van der Waals surface area contributed by atoms with Gasteiger partial charge in [0.1, 0.15) is 11.9 Å². The van der Waals surface area contributed by atoms with E-state index in [9.17, 15) is 10.2 Å². The normalized spacial score (nSPS) is 18.3. The number of aliphatic hydroxyl groups excluding tert-OH is 2. The molecule has 0 aliphatic carbocycles. The predicted octanol–water partition coefficient (Wildman–Crippen LogP) is 5.30. The summed E-state index contributed by atoms with van der Waals surface area (Å²) in [5.41, 5.74) is 2.11. The van der Waals surface area contributed by atoms with Gasteiger partial charge in [-0.05, 0) is 47.1 Å². The Kier molecular flexibility index (Phi) is 12.0. The second kappa shape index (κ2) is 14.9. The van der Waals surface area contributed by atoms with Crippen LogP contribution in [0, 0.1) is 5.92 Å². The molecular formula is C28H38O5S2. The van der Waals surface area contributed by atoms with Crippen molar-refractivity contribution in [3.63, 3.8) is 0 Å². The van der Waals surface area contributed by atoms with Gasteiger partial charge in [-0.1, -0.05) is 61.5 Å². The summed E-state index contributed by atoms with van der Waals surface area (Å²) in [4.78, 5) is 0. The minimum absolute atomic E-state index is 0.0270. The highest BCUT2D eigenvalue weighted by atomic mass is 32.2. The van der Waals surface area contributed by atoms with Crippen LogP contribution >= 0.6 is 23.5 Å². The fraction of sp³-hybridized carbons (Fsp3) is 0.500. The molecule has 5 nitrogen and oxygen atoms in total. The molecule has 192 valence electrons. The lowest BCUT2D eigenvalue weighted by atomic mass is 9.98. The minimum Gasteiger partial charge on any atom is -0.497 e. The number of thioether (sulfide) groups is 2. The van der Waals surface area contributed by atoms with Crippen molar-refractivity contribution < 1.29 is 24.4 Å². The first-order valence-electron chi connectivity index (χ1n) is 12.2. The molecule has 0 unspecified atom stereocenters. The number of methoxy groups -OCH3 is 1. The van der Waals surface area contributed by atoms with Crippen molar-refractivity contribution in [2.24, 2.45) is 5.92 Å². The van der Waals surface area contributed by atoms with Crippen molar-refractivity contribution >= 4 is 23.5 Å². The zero-order valence-corrected chi connectivity index (χ0v) is 22.3. The van der Waals surface area contributed by atoms with Gasteiger partial charge in [0.2, 0.25) is 0 Å². The Hall–Kier alpha value is -1.48. The smallest absolute Gasteiger partial charge is 0.118 e. The summed E-state index contributed by atoms with van der Waals surface area (Å²) in [7, 11) is 1.65. The fourth-order valence-corrected chi connectivity index (χ4v) is 7.60. The van der Waals surface area contributed by atoms with E-state index in [1.54, 1.807) is 13.2 Å². The number of ether oxygens (including phenoxy) is 3. The lowest BCUT2D eigenvalue weighted by Gasteiger charge is -2.42. The number of benzene rings is 2. The second-order valence-electron chi connectivity index (χ2n) is 8.73. The Labute approximate surface area is 218 Å². The minimum atomic E-state index is -0.688. The van der Waals surface area contributed by atoms with Gasteiger partial charge < -0.3 is 24.4 Å². The molecule has 3 atom stereocenters. The highest BCUT2D eigenvalue weighted by Crippen LogP contribution is 2.51. The van der Waals surface area contributed by atoms with Gasteiger partial charge in [0.15, 0.2) is 0 Å². The van der Waals surface area contributed by atoms with Crippen molar-refractivity contribution in [1.29, 1.82) is 0 Å². The first kappa shape index (κ1) is 28.1. The Morgan fingerprint density at radius 3 is 2.34 bits per heavy atom. The van der Waals surface area contributed by atoms with Crippen LogP contribution in [0.1, 0.15) is 30.9 Å². The van der Waals surface area contributed by atoms with Gasteiger partial charge in [-0.2, -0.15) is 0 Å². The molecular weight excluding hydrogens is 480 g/mol. The summed E-state index contributed by atoms with van der Waals surface area (Å²) in [6, 6.07) is 17.8. The topological polar surface area (TPSA) is 68.2 Å². The molecule has 0 radical (unpaired) electrons. The molecule has 0 bridgehead atoms. The highest BCUT2D eigenvalue weighted by molar-refractivity contribution is 8.18. The number of aliphatic hydroxyl groups is 2. The van der Waals surface area contributed by atoms with Crippen LogP contribution in [0.4, 0.5) is 0 Å². The molecule has 1 saturated heterocycles. The van der Waals surface area contributed by atoms with E-state index in [0.29, 0.717) is 26.2 Å². The monoisotopic (exact) mass is 518 g/mol. The van der Waals surface area contributed by atoms with Crippen LogP contribution in [-0.4, -0.2) is 58.3 Å². The fourth-order valence-electron chi connectivity index (χ4n) is 4.05. The van der Waals surface area contributed by atoms with Crippen LogP contribution in [0.2, 0.25) is 0 Å². The quantitative estimate of drug-likeness (QED) is 0.329. The summed E-state index contributed by atoms with van der Waals surface area (Å²) in [6.07, 6.45) is 4.47. The predicted molar refractivity (Wildman–Crippen MR) is 146 cm³/mol. The SMILES string of the molecule is COc1ccc(CO[C@H](COCc2ccccc2)[C@@H](O)CC2([C@H](C)/C=C/CO)SCCCS2)cc1. The molecule has 2 aromatic rings. The highest BCUT2D eigenvalue weighted by Gasteiger charge is 2.41. The number of hydrogen-bond acceptors (Lipinski definition) is 7. The molecule has 0 aromatic heterocycles. The molecule has 2 N–H and O–H groups in total. The molecule has 7 heteroatoms. The zero-order valence-electron chi connectivity index (χ0n) is 20.7. The van der Waals surface area contributed by atoms with Gasteiger partial charge in [-0.25, -0.2) is 0 Å². The molecule has 0 saturated carbocycles. The van der Waals surface area contributed by atoms with Gasteiger partial charge in [0, 0.05) is 6.42 Å². The van der Waals surface area contributed by atoms with Gasteiger partial charge in [0.05, 0.1) is 43.7 Å². The van der Waals surface area contributed by atoms with E-state index < -0.39 is 12.2 Å². The van der Waals surface area contributed by atoms with E-state index in [0.717, 1.165) is 28.4 Å². The first-order chi connectivity index (χ1) is 17.1. The molecule has 0 amide bonds. The van der Waals surface area contributed by atoms with Gasteiger partial charge in [-0.3, -0.25) is 0 Å². The third kappa shape index (κ3) is 8.85. The Bertz CT molecular complexity index is 869. The van der Waals surface area contributed by atoms with E-state index in [1.165, 1.54) is 6.42 Å². The van der Waals surface area contributed by atoms with Crippen molar-refractivity contribution in [3.8, 4) is 5.75 Å². The second-order valence-corrected chi connectivity index (χ2v) is 11.8. The van der Waals surface area contributed by atoms with Crippen molar-refractivity contribution in [2.45, 2.75) is 49.3 Å². The molecule has 1 aliphatic heterocycles. The molecule has 35 heavy (non-hydrogen) atoms. The largest absolute Gasteiger partial charge is 0.497 e. The standard InChI is InChI=1S/C28H38O5S2/c1-22(8-6-15-29)28(34-16-7-17-35-28)18-26(30)27(21-32-19-23-9-4-3-5-10-23)33-20-24-11-13-25(31-2)14-12-24/h3-6,8-14,22,26-27,29-30H,7,15-21H2,1-2H3/b8-6+/t22-,26+,27-/m1/s1. The molecule has 1 aliphatic rings. The third-order valence-corrected chi connectivity index (χ3v) is 9.89. The number of hydrogen-bond donors (Lipinski definition) is 2. The van der Waals surface area contributed by atoms with Crippen LogP contribution in [-0.2, 0) is 22.7 Å². The molecule has 1 fully saturated rings. The number of allylic oxidation sites excluding steroid dienone is 1. The summed E-state index contributed by atoms with van der Waals surface area (Å²) in [6.45, 7) is 3.36. The molecule has 2 aromatic carbocycles. The zero-order chi connectivity index (χ0) is 24.9. The first-order valence-corrected chi connectivity index (χ1v) is 14.1. The molecule has 0 spiro atoms. The van der Waals surface area contributed by atoms with E-state index in [4.69, 9.17) is 14.2 Å². The van der Waals surface area contributed by atoms with Gasteiger partial charge in [0.25, 0.3) is 0 Å². The van der Waals surface area contributed by atoms with Crippen molar-refractivity contribution in [2.75, 3.05) is 31.8 Å². The van der Waals surface area contributed by atoms with Gasteiger partial charge in [-0.15, -0.1) is 23.5 Å². The van der Waals surface area contributed by atoms with Crippen LogP contribution in [0.25, 0.3) is 0 Å². The third-order valence-electron chi connectivity index (χ3n) is 6.14. The molecule has 1 heterocycles. The summed E-state index contributed by atoms with van der Waals surface area (Å²) >= 11 is 3.83. The van der Waals surface area contributed by atoms with Crippen LogP contribution < -0.4 is 4.74 Å². The summed E-state index contributed by atoms with van der Waals surface area (Å²) in [5, 5.41) is 20.7. The Morgan fingerprint density at radius 2 is 1.69 bits per heavy atom.